The van der Waals surface area contributed by atoms with E-state index >= 15 is 4.39 Å². The van der Waals surface area contributed by atoms with Gasteiger partial charge in [0.2, 0.25) is 0 Å². The fourth-order valence-electron chi connectivity index (χ4n) is 8.86. The van der Waals surface area contributed by atoms with Crippen molar-refractivity contribution in [2.75, 3.05) is 19.7 Å². The van der Waals surface area contributed by atoms with E-state index in [1.54, 1.807) is 12.2 Å². The molecule has 4 aliphatic carbocycles. The zero-order valence-corrected chi connectivity index (χ0v) is 19.8. The summed E-state index contributed by atoms with van der Waals surface area (Å²) in [6.45, 7) is 8.00. The van der Waals surface area contributed by atoms with Crippen LogP contribution in [0.2, 0.25) is 0 Å². The fourth-order valence-corrected chi connectivity index (χ4v) is 8.86. The second-order valence-corrected chi connectivity index (χ2v) is 11.5. The molecular formula is C26H34FNO5. The Morgan fingerprint density at radius 1 is 1.27 bits per heavy atom. The van der Waals surface area contributed by atoms with Crippen molar-refractivity contribution in [2.45, 2.75) is 58.7 Å². The molecule has 3 saturated carbocycles. The van der Waals surface area contributed by atoms with Gasteiger partial charge in [-0.3, -0.25) is 14.4 Å². The highest BCUT2D eigenvalue weighted by Gasteiger charge is 2.77. The van der Waals surface area contributed by atoms with E-state index < -0.39 is 39.9 Å². The maximum Gasteiger partial charge on any atom is 0.303 e. The first kappa shape index (κ1) is 22.9. The van der Waals surface area contributed by atoms with Crippen LogP contribution in [-0.4, -0.2) is 54.1 Å². The molecule has 0 radical (unpaired) electrons. The first-order valence-electron chi connectivity index (χ1n) is 12.1. The third kappa shape index (κ3) is 2.64. The van der Waals surface area contributed by atoms with Crippen molar-refractivity contribution in [2.24, 2.45) is 39.9 Å². The first-order chi connectivity index (χ1) is 15.4. The van der Waals surface area contributed by atoms with Gasteiger partial charge in [0, 0.05) is 24.8 Å². The van der Waals surface area contributed by atoms with Gasteiger partial charge in [0.1, 0.15) is 0 Å². The molecule has 5 aliphatic rings. The second kappa shape index (κ2) is 7.08. The maximum atomic E-state index is 17.4. The lowest BCUT2D eigenvalue weighted by atomic mass is 9.42. The van der Waals surface area contributed by atoms with Gasteiger partial charge >= 0.3 is 5.97 Å². The van der Waals surface area contributed by atoms with E-state index in [9.17, 15) is 19.5 Å². The Hall–Kier alpha value is -1.86. The number of hydrogen-bond donors (Lipinski definition) is 2. The highest BCUT2D eigenvalue weighted by molar-refractivity contribution is 6.01. The molecule has 0 bridgehead atoms. The number of hydrogen-bond acceptors (Lipinski definition) is 6. The van der Waals surface area contributed by atoms with Gasteiger partial charge in [-0.25, -0.2) is 4.39 Å². The largest absolute Gasteiger partial charge is 0.458 e. The average molecular weight is 460 g/mol. The van der Waals surface area contributed by atoms with E-state index in [0.29, 0.717) is 25.9 Å². The number of Topliss-reactive ketones (excluding diaryl/α,β-unsaturated/α-hetero) is 1. The molecule has 0 aromatic carbocycles. The number of alkyl halides is 1. The third-order valence-electron chi connectivity index (χ3n) is 10.3. The molecule has 1 saturated heterocycles. The topological polar surface area (TPSA) is 92.7 Å². The van der Waals surface area contributed by atoms with E-state index in [1.165, 1.54) is 13.0 Å². The number of aliphatic hydroxyl groups is 1. The van der Waals surface area contributed by atoms with Gasteiger partial charge in [-0.05, 0) is 68.1 Å². The number of halogens is 1. The fraction of sp³-hybridized carbons (Fsp3) is 0.731. The summed E-state index contributed by atoms with van der Waals surface area (Å²) in [4.78, 5) is 37.1. The van der Waals surface area contributed by atoms with Crippen LogP contribution in [0.1, 0.15) is 47.0 Å². The minimum absolute atomic E-state index is 0.00131. The van der Waals surface area contributed by atoms with Gasteiger partial charge in [0.25, 0.3) is 0 Å². The number of esters is 1. The van der Waals surface area contributed by atoms with E-state index in [0.717, 1.165) is 5.57 Å². The Morgan fingerprint density at radius 3 is 2.70 bits per heavy atom. The Balaban J connectivity index is 1.59. The molecule has 0 amide bonds. The van der Waals surface area contributed by atoms with E-state index in [4.69, 9.17) is 4.74 Å². The minimum Gasteiger partial charge on any atom is -0.458 e. The number of fused-ring (bicyclic) bond motifs is 7. The zero-order chi connectivity index (χ0) is 24.0. The molecular weight excluding hydrogens is 425 g/mol. The smallest absolute Gasteiger partial charge is 0.303 e. The predicted molar refractivity (Wildman–Crippen MR) is 119 cm³/mol. The number of nitrogens with one attached hydrogen (secondary N) is 1. The van der Waals surface area contributed by atoms with Gasteiger partial charge in [-0.15, -0.1) is 0 Å². The number of allylic oxidation sites excluding steroid dienone is 4. The number of carbonyl (C=O) groups excluding carboxylic acids is 3. The summed E-state index contributed by atoms with van der Waals surface area (Å²) in [5.74, 6) is -1.29. The van der Waals surface area contributed by atoms with Gasteiger partial charge in [0.15, 0.2) is 23.8 Å². The lowest BCUT2D eigenvalue weighted by molar-refractivity contribution is -0.210. The predicted octanol–water partition coefficient (Wildman–Crippen LogP) is 2.55. The van der Waals surface area contributed by atoms with Crippen LogP contribution in [0.5, 0.6) is 0 Å². The summed E-state index contributed by atoms with van der Waals surface area (Å²) in [5.41, 5.74) is -3.64. The first-order valence-corrected chi connectivity index (χ1v) is 12.1. The summed E-state index contributed by atoms with van der Waals surface area (Å²) in [6, 6.07) is 0. The standard InChI is InChI=1S/C26H34FNO5/c1-14-7-20-19-8-16-11-28-13-25(16,22(32)12-33-15(2)29)24(19,4)10-21(31)26(20,27)23(3)6-5-17(30)9-18(14)23/h5-6,9,14,16,19-21,28,31H,7-8,10-13H2,1-4H3/t14-,16-,19?,20-,21-,23-,24-,25+,26-/m0/s1. The Bertz CT molecular complexity index is 991. The molecule has 7 heteroatoms. The van der Waals surface area contributed by atoms with E-state index in [-0.39, 0.29) is 42.3 Å². The number of rotatable bonds is 3. The highest BCUT2D eigenvalue weighted by atomic mass is 19.1. The van der Waals surface area contributed by atoms with Gasteiger partial charge in [0.05, 0.1) is 11.5 Å². The summed E-state index contributed by atoms with van der Waals surface area (Å²) in [6.07, 6.45) is 4.76. The maximum absolute atomic E-state index is 17.4. The van der Waals surface area contributed by atoms with Crippen molar-refractivity contribution >= 4 is 17.5 Å². The van der Waals surface area contributed by atoms with Crippen LogP contribution in [-0.2, 0) is 19.1 Å². The Morgan fingerprint density at radius 2 is 2.00 bits per heavy atom. The molecule has 2 N–H and O–H groups in total. The van der Waals surface area contributed by atoms with E-state index in [1.807, 2.05) is 20.8 Å². The van der Waals surface area contributed by atoms with Crippen LogP contribution in [0.3, 0.4) is 0 Å². The molecule has 33 heavy (non-hydrogen) atoms. The number of ketones is 2. The van der Waals surface area contributed by atoms with Crippen LogP contribution in [0.25, 0.3) is 0 Å². The summed E-state index contributed by atoms with van der Waals surface area (Å²) in [5, 5.41) is 14.9. The number of aliphatic hydroxyl groups excluding tert-OH is 1. The molecule has 9 atom stereocenters. The minimum atomic E-state index is -1.92. The van der Waals surface area contributed by atoms with Crippen LogP contribution < -0.4 is 5.32 Å². The van der Waals surface area contributed by atoms with Gasteiger partial charge in [-0.1, -0.05) is 25.5 Å². The van der Waals surface area contributed by atoms with Crippen molar-refractivity contribution in [3.63, 3.8) is 0 Å². The van der Waals surface area contributed by atoms with Crippen molar-refractivity contribution in [1.29, 1.82) is 0 Å². The summed E-state index contributed by atoms with van der Waals surface area (Å²) < 4.78 is 22.5. The van der Waals surface area contributed by atoms with Crippen molar-refractivity contribution in [3.05, 3.63) is 23.8 Å². The van der Waals surface area contributed by atoms with E-state index in [2.05, 4.69) is 5.32 Å². The van der Waals surface area contributed by atoms with Crippen molar-refractivity contribution < 1.29 is 28.6 Å². The van der Waals surface area contributed by atoms with Crippen molar-refractivity contribution in [3.8, 4) is 0 Å². The molecule has 4 fully saturated rings. The molecule has 0 aromatic heterocycles. The van der Waals surface area contributed by atoms with Crippen LogP contribution in [0, 0.1) is 39.9 Å². The van der Waals surface area contributed by atoms with Crippen LogP contribution in [0.4, 0.5) is 4.39 Å². The summed E-state index contributed by atoms with van der Waals surface area (Å²) >= 11 is 0. The average Bonchev–Trinajstić information content (AvgIpc) is 3.27. The molecule has 1 aliphatic heterocycles. The monoisotopic (exact) mass is 459 g/mol. The molecule has 0 spiro atoms. The molecule has 1 unspecified atom stereocenters. The second-order valence-electron chi connectivity index (χ2n) is 11.5. The highest BCUT2D eigenvalue weighted by Crippen LogP contribution is 2.74. The molecule has 5 rings (SSSR count). The normalized spacial score (nSPS) is 50.1. The van der Waals surface area contributed by atoms with Crippen LogP contribution >= 0.6 is 0 Å². The Labute approximate surface area is 194 Å². The van der Waals surface area contributed by atoms with Crippen molar-refractivity contribution in [1.82, 2.24) is 5.32 Å². The van der Waals surface area contributed by atoms with Gasteiger partial charge in [-0.2, -0.15) is 0 Å². The lowest BCUT2D eigenvalue weighted by Crippen LogP contribution is -2.69. The van der Waals surface area contributed by atoms with Crippen LogP contribution in [0.15, 0.2) is 23.8 Å². The molecule has 1 heterocycles. The number of ether oxygens (including phenoxy) is 1. The summed E-state index contributed by atoms with van der Waals surface area (Å²) in [7, 11) is 0. The Kier molecular flexibility index (Phi) is 4.91. The molecule has 6 nitrogen and oxygen atoms in total. The molecule has 180 valence electrons. The van der Waals surface area contributed by atoms with Gasteiger partial charge < -0.3 is 15.2 Å². The SMILES string of the molecule is CC(=O)OCC(=O)[C@@]12CNC[C@@H]1CC1[C@@H]3C[C@H](C)C4=CC(=O)C=C[C@]4(C)[C@@]3(F)[C@@H](O)C[C@@]12C. The quantitative estimate of drug-likeness (QED) is 0.630. The lowest BCUT2D eigenvalue weighted by Gasteiger charge is -2.64. The third-order valence-corrected chi connectivity index (χ3v) is 10.3. The molecule has 0 aromatic rings. The zero-order valence-electron chi connectivity index (χ0n) is 19.8. The number of carbonyl (C=O) groups is 3.